The van der Waals surface area contributed by atoms with E-state index in [1.165, 1.54) is 0 Å². The van der Waals surface area contributed by atoms with Crippen molar-refractivity contribution < 1.29 is 14.0 Å². The quantitative estimate of drug-likeness (QED) is 0.836. The standard InChI is InChI=1S/C15H22N4O4/c20-12-8-10(2-1-5-16-12)9-13(21)19-6-3-11(4-7-19)14-17-18-15(22)23-14/h10-11H,1-9H2,(H,16,20)(H,18,22). The number of amides is 2. The van der Waals surface area contributed by atoms with Crippen LogP contribution in [0, 0.1) is 5.92 Å². The van der Waals surface area contributed by atoms with E-state index in [0.29, 0.717) is 38.4 Å². The normalized spacial score (nSPS) is 23.4. The highest BCUT2D eigenvalue weighted by Crippen LogP contribution is 2.27. The van der Waals surface area contributed by atoms with Gasteiger partial charge in [0, 0.05) is 38.4 Å². The molecule has 0 aliphatic carbocycles. The SMILES string of the molecule is O=C1CC(CC(=O)N2CCC(c3n[nH]c(=O)o3)CC2)CCCN1. The first-order valence-corrected chi connectivity index (χ1v) is 8.21. The van der Waals surface area contributed by atoms with E-state index in [4.69, 9.17) is 4.42 Å². The maximum Gasteiger partial charge on any atom is 0.434 e. The molecule has 0 aromatic carbocycles. The van der Waals surface area contributed by atoms with Gasteiger partial charge in [-0.25, -0.2) is 9.89 Å². The Morgan fingerprint density at radius 2 is 2.04 bits per heavy atom. The average molecular weight is 322 g/mol. The van der Waals surface area contributed by atoms with E-state index in [0.717, 1.165) is 25.7 Å². The largest absolute Gasteiger partial charge is 0.434 e. The molecule has 1 aromatic rings. The van der Waals surface area contributed by atoms with E-state index >= 15 is 0 Å². The van der Waals surface area contributed by atoms with Gasteiger partial charge in [-0.2, -0.15) is 0 Å². The number of carbonyl (C=O) groups is 2. The Balaban J connectivity index is 1.49. The summed E-state index contributed by atoms with van der Waals surface area (Å²) in [7, 11) is 0. The van der Waals surface area contributed by atoms with Crippen LogP contribution < -0.4 is 11.1 Å². The Morgan fingerprint density at radius 3 is 2.74 bits per heavy atom. The fraction of sp³-hybridized carbons (Fsp3) is 0.733. The van der Waals surface area contributed by atoms with Crippen LogP contribution in [0.3, 0.4) is 0 Å². The molecule has 2 aliphatic heterocycles. The Morgan fingerprint density at radius 1 is 1.26 bits per heavy atom. The summed E-state index contributed by atoms with van der Waals surface area (Å²) in [5, 5.41) is 8.99. The predicted octanol–water partition coefficient (Wildman–Crippen LogP) is 0.375. The van der Waals surface area contributed by atoms with Crippen LogP contribution in [0.25, 0.3) is 0 Å². The third-order valence-electron chi connectivity index (χ3n) is 4.70. The highest BCUT2D eigenvalue weighted by Gasteiger charge is 2.28. The Labute approximate surface area is 133 Å². The summed E-state index contributed by atoms with van der Waals surface area (Å²) in [6.45, 7) is 1.99. The van der Waals surface area contributed by atoms with Gasteiger partial charge in [-0.3, -0.25) is 9.59 Å². The third-order valence-corrected chi connectivity index (χ3v) is 4.70. The second-order valence-corrected chi connectivity index (χ2v) is 6.37. The van der Waals surface area contributed by atoms with Gasteiger partial charge in [-0.05, 0) is 31.6 Å². The molecule has 23 heavy (non-hydrogen) atoms. The van der Waals surface area contributed by atoms with Gasteiger partial charge in [0.05, 0.1) is 0 Å². The van der Waals surface area contributed by atoms with Gasteiger partial charge in [0.15, 0.2) is 0 Å². The molecule has 1 unspecified atom stereocenters. The number of nitrogens with one attached hydrogen (secondary N) is 2. The smallest absolute Gasteiger partial charge is 0.392 e. The zero-order valence-corrected chi connectivity index (χ0v) is 13.0. The van der Waals surface area contributed by atoms with Crippen LogP contribution in [0.2, 0.25) is 0 Å². The van der Waals surface area contributed by atoms with Crippen LogP contribution in [-0.2, 0) is 9.59 Å². The first-order chi connectivity index (χ1) is 11.1. The van der Waals surface area contributed by atoms with E-state index in [1.807, 2.05) is 4.90 Å². The number of nitrogens with zero attached hydrogens (tertiary/aromatic N) is 2. The number of likely N-dealkylation sites (tertiary alicyclic amines) is 1. The van der Waals surface area contributed by atoms with Crippen LogP contribution in [0.1, 0.15) is 50.3 Å². The van der Waals surface area contributed by atoms with E-state index in [1.54, 1.807) is 0 Å². The van der Waals surface area contributed by atoms with Gasteiger partial charge in [0.2, 0.25) is 17.7 Å². The van der Waals surface area contributed by atoms with Crippen molar-refractivity contribution in [1.29, 1.82) is 0 Å². The van der Waals surface area contributed by atoms with Crippen molar-refractivity contribution in [3.63, 3.8) is 0 Å². The van der Waals surface area contributed by atoms with Gasteiger partial charge in [-0.15, -0.1) is 5.10 Å². The average Bonchev–Trinajstić information content (AvgIpc) is 2.87. The number of hydrogen-bond acceptors (Lipinski definition) is 5. The monoisotopic (exact) mass is 322 g/mol. The summed E-state index contributed by atoms with van der Waals surface area (Å²) in [5.41, 5.74) is 0. The molecule has 3 heterocycles. The van der Waals surface area contributed by atoms with Crippen LogP contribution in [-0.4, -0.2) is 46.5 Å². The van der Waals surface area contributed by atoms with Crippen LogP contribution in [0.15, 0.2) is 9.21 Å². The molecule has 0 bridgehead atoms. The summed E-state index contributed by atoms with van der Waals surface area (Å²) < 4.78 is 5.00. The third kappa shape index (κ3) is 4.00. The lowest BCUT2D eigenvalue weighted by Crippen LogP contribution is -2.39. The van der Waals surface area contributed by atoms with Gasteiger partial charge in [0.25, 0.3) is 0 Å². The van der Waals surface area contributed by atoms with E-state index in [-0.39, 0.29) is 23.7 Å². The molecular weight excluding hydrogens is 300 g/mol. The maximum atomic E-state index is 12.4. The molecule has 2 aliphatic rings. The zero-order valence-electron chi connectivity index (χ0n) is 13.0. The molecule has 8 heteroatoms. The summed E-state index contributed by atoms with van der Waals surface area (Å²) in [6.07, 6.45) is 4.22. The summed E-state index contributed by atoms with van der Waals surface area (Å²) in [5.74, 6) is 0.292. The van der Waals surface area contributed by atoms with Gasteiger partial charge in [-0.1, -0.05) is 0 Å². The number of H-pyrrole nitrogens is 1. The molecule has 0 radical (unpaired) electrons. The summed E-state index contributed by atoms with van der Waals surface area (Å²) in [6, 6.07) is 0. The molecule has 0 saturated carbocycles. The first-order valence-electron chi connectivity index (χ1n) is 8.21. The second-order valence-electron chi connectivity index (χ2n) is 6.37. The molecule has 2 saturated heterocycles. The van der Waals surface area contributed by atoms with Crippen molar-refractivity contribution in [1.82, 2.24) is 20.4 Å². The minimum atomic E-state index is -0.537. The topological polar surface area (TPSA) is 108 Å². The molecule has 1 aromatic heterocycles. The first kappa shape index (κ1) is 15.8. The molecule has 126 valence electrons. The number of carbonyl (C=O) groups excluding carboxylic acids is 2. The van der Waals surface area contributed by atoms with E-state index in [2.05, 4.69) is 15.5 Å². The predicted molar refractivity (Wildman–Crippen MR) is 80.6 cm³/mol. The number of aromatic nitrogens is 2. The fourth-order valence-electron chi connectivity index (χ4n) is 3.40. The lowest BCUT2D eigenvalue weighted by molar-refractivity contribution is -0.133. The molecule has 8 nitrogen and oxygen atoms in total. The molecule has 2 fully saturated rings. The van der Waals surface area contributed by atoms with Crippen molar-refractivity contribution >= 4 is 11.8 Å². The number of piperidine rings is 1. The zero-order chi connectivity index (χ0) is 16.2. The summed E-state index contributed by atoms with van der Waals surface area (Å²) in [4.78, 5) is 36.9. The molecule has 2 N–H and O–H groups in total. The molecule has 0 spiro atoms. The number of rotatable bonds is 3. The maximum absolute atomic E-state index is 12.4. The molecular formula is C15H22N4O4. The van der Waals surface area contributed by atoms with Crippen molar-refractivity contribution in [2.45, 2.75) is 44.4 Å². The van der Waals surface area contributed by atoms with Gasteiger partial charge < -0.3 is 14.6 Å². The fourth-order valence-corrected chi connectivity index (χ4v) is 3.40. The lowest BCUT2D eigenvalue weighted by Gasteiger charge is -2.31. The second kappa shape index (κ2) is 6.97. The van der Waals surface area contributed by atoms with Crippen LogP contribution in [0.4, 0.5) is 0 Å². The Bertz CT molecular complexity index is 615. The molecule has 3 rings (SSSR count). The Hall–Kier alpha value is -2.12. The van der Waals surface area contributed by atoms with Gasteiger partial charge >= 0.3 is 5.76 Å². The molecule has 2 amide bonds. The number of hydrogen-bond donors (Lipinski definition) is 2. The highest BCUT2D eigenvalue weighted by atomic mass is 16.4. The van der Waals surface area contributed by atoms with Crippen molar-refractivity contribution in [3.05, 3.63) is 16.4 Å². The minimum Gasteiger partial charge on any atom is -0.392 e. The lowest BCUT2D eigenvalue weighted by atomic mass is 9.93. The molecule has 1 atom stereocenters. The van der Waals surface area contributed by atoms with Crippen LogP contribution >= 0.6 is 0 Å². The van der Waals surface area contributed by atoms with E-state index in [9.17, 15) is 14.4 Å². The van der Waals surface area contributed by atoms with Crippen molar-refractivity contribution in [2.75, 3.05) is 19.6 Å². The Kier molecular flexibility index (Phi) is 4.78. The highest BCUT2D eigenvalue weighted by molar-refractivity contribution is 5.79. The minimum absolute atomic E-state index is 0.0487. The van der Waals surface area contributed by atoms with Crippen molar-refractivity contribution in [2.24, 2.45) is 5.92 Å². The van der Waals surface area contributed by atoms with Gasteiger partial charge in [0.1, 0.15) is 0 Å². The number of aromatic amines is 1. The van der Waals surface area contributed by atoms with E-state index < -0.39 is 5.76 Å². The van der Waals surface area contributed by atoms with Crippen molar-refractivity contribution in [3.8, 4) is 0 Å². The van der Waals surface area contributed by atoms with Crippen LogP contribution in [0.5, 0.6) is 0 Å². The summed E-state index contributed by atoms with van der Waals surface area (Å²) >= 11 is 0.